The van der Waals surface area contributed by atoms with Crippen molar-refractivity contribution < 1.29 is 25.8 Å². The van der Waals surface area contributed by atoms with E-state index in [1.807, 2.05) is 103 Å². The van der Waals surface area contributed by atoms with Crippen LogP contribution in [0.2, 0.25) is 17.3 Å². The average Bonchev–Trinajstić information content (AvgIpc) is 3.33. The summed E-state index contributed by atoms with van der Waals surface area (Å²) in [6.07, 6.45) is 10.0. The van der Waals surface area contributed by atoms with Gasteiger partial charge in [0.25, 0.3) is 0 Å². The topological polar surface area (TPSA) is 0 Å². The first kappa shape index (κ1) is 28.8. The molecule has 2 heteroatoms. The molecule has 0 atom stereocenters. The monoisotopic (exact) mass is 595 g/mol. The molecule has 0 spiro atoms. The van der Waals surface area contributed by atoms with Crippen LogP contribution >= 0.6 is 0 Å². The van der Waals surface area contributed by atoms with Crippen LogP contribution in [0.1, 0.15) is 6.42 Å². The number of hydrogen-bond donors (Lipinski definition) is 0. The van der Waals surface area contributed by atoms with Crippen LogP contribution in [-0.2, 0) is 25.8 Å². The summed E-state index contributed by atoms with van der Waals surface area (Å²) in [6, 6.07) is 37.5. The second-order valence-corrected chi connectivity index (χ2v) is 12.0. The second-order valence-electron chi connectivity index (χ2n) is 5.74. The first-order valence-corrected chi connectivity index (χ1v) is 15.2. The summed E-state index contributed by atoms with van der Waals surface area (Å²) in [7, 11) is 0. The van der Waals surface area contributed by atoms with E-state index in [1.54, 1.807) is 0 Å². The van der Waals surface area contributed by atoms with Gasteiger partial charge in [0, 0.05) is 0 Å². The average molecular weight is 593 g/mol. The third-order valence-electron chi connectivity index (χ3n) is 2.41. The van der Waals surface area contributed by atoms with Crippen molar-refractivity contribution in [1.29, 1.82) is 0 Å². The molecule has 0 unspecified atom stereocenters. The summed E-state index contributed by atoms with van der Waals surface area (Å²) in [4.78, 5) is 0. The quantitative estimate of drug-likeness (QED) is 0.193. The molecule has 1 aliphatic carbocycles. The minimum atomic E-state index is -0.333. The van der Waals surface area contributed by atoms with Gasteiger partial charge in [-0.25, -0.2) is 12.2 Å². The van der Waals surface area contributed by atoms with Crippen molar-refractivity contribution in [2.24, 2.45) is 0 Å². The van der Waals surface area contributed by atoms with E-state index >= 15 is 0 Å². The molecule has 0 saturated carbocycles. The number of allylic oxidation sites excluding steroid dienone is 4. The Bertz CT molecular complexity index is 482. The zero-order chi connectivity index (χ0) is 19.8. The molecule has 0 bridgehead atoms. The van der Waals surface area contributed by atoms with E-state index < -0.39 is 0 Å². The van der Waals surface area contributed by atoms with Gasteiger partial charge in [-0.15, -0.1) is 6.42 Å². The maximum atomic E-state index is 2.99. The van der Waals surface area contributed by atoms with Gasteiger partial charge >= 0.3 is 57.5 Å². The number of benzene rings is 3. The van der Waals surface area contributed by atoms with Gasteiger partial charge in [-0.3, -0.25) is 6.08 Å². The fourth-order valence-corrected chi connectivity index (χ4v) is 1.37. The van der Waals surface area contributed by atoms with E-state index in [2.05, 4.69) is 47.6 Å². The Morgan fingerprint density at radius 2 is 0.893 bits per heavy atom. The molecule has 0 fully saturated rings. The van der Waals surface area contributed by atoms with E-state index in [1.165, 1.54) is 0 Å². The van der Waals surface area contributed by atoms with Gasteiger partial charge < -0.3 is 0 Å². The van der Waals surface area contributed by atoms with E-state index in [0.717, 1.165) is 6.42 Å². The zero-order valence-corrected chi connectivity index (χ0v) is 22.8. The van der Waals surface area contributed by atoms with Gasteiger partial charge in [-0.1, -0.05) is 0 Å². The standard InChI is InChI=1S/3C6H5.C5H5.C3H9Ge.Hf/c3*1-2-4-6-5-3-1;1-2-4-5-3-1;1-4(2)3;/h3*1-5H;1-3H,4H2;1-3H3;/q4*-1;;+4. The van der Waals surface area contributed by atoms with Crippen molar-refractivity contribution in [3.8, 4) is 0 Å². The van der Waals surface area contributed by atoms with Crippen molar-refractivity contribution >= 4 is 14.3 Å². The summed E-state index contributed by atoms with van der Waals surface area (Å²) < 4.78 is 0. The maximum absolute atomic E-state index is 2.99. The summed E-state index contributed by atoms with van der Waals surface area (Å²) >= 11 is -0.333. The minimum absolute atomic E-state index is 0. The zero-order valence-electron chi connectivity index (χ0n) is 17.1. The van der Waals surface area contributed by atoms with Crippen LogP contribution in [0, 0.1) is 24.3 Å². The van der Waals surface area contributed by atoms with Gasteiger partial charge in [0.15, 0.2) is 0 Å². The number of hydrogen-bond acceptors (Lipinski definition) is 0. The molecule has 0 saturated heterocycles. The molecule has 141 valence electrons. The van der Waals surface area contributed by atoms with Crippen LogP contribution in [0.4, 0.5) is 0 Å². The first-order chi connectivity index (χ1) is 13.2. The van der Waals surface area contributed by atoms with E-state index in [0.29, 0.717) is 0 Å². The molecule has 3 aromatic rings. The molecule has 0 aliphatic heterocycles. The molecule has 0 N–H and O–H groups in total. The van der Waals surface area contributed by atoms with E-state index in [4.69, 9.17) is 0 Å². The fourth-order valence-electron chi connectivity index (χ4n) is 1.37. The molecular formula is C26H29GeHf. The molecule has 1 radical (unpaired) electrons. The third-order valence-corrected chi connectivity index (χ3v) is 2.41. The minimum Gasteiger partial charge on any atom is -0.184 e. The largest absolute Gasteiger partial charge is 4.00 e. The van der Waals surface area contributed by atoms with Crippen molar-refractivity contribution in [2.45, 2.75) is 23.7 Å². The Morgan fingerprint density at radius 1 is 0.571 bits per heavy atom. The van der Waals surface area contributed by atoms with Crippen molar-refractivity contribution in [1.82, 2.24) is 0 Å². The molecule has 0 heterocycles. The predicted octanol–water partition coefficient (Wildman–Crippen LogP) is 7.13. The van der Waals surface area contributed by atoms with Gasteiger partial charge in [-0.05, 0) is 0 Å². The molecule has 3 aromatic carbocycles. The molecule has 28 heavy (non-hydrogen) atoms. The van der Waals surface area contributed by atoms with Crippen LogP contribution in [0.25, 0.3) is 0 Å². The fraction of sp³-hybridized carbons (Fsp3) is 0.154. The smallest absolute Gasteiger partial charge is 0.184 e. The Kier molecular flexibility index (Phi) is 26.2. The molecule has 4 rings (SSSR count). The predicted molar refractivity (Wildman–Crippen MR) is 121 cm³/mol. The summed E-state index contributed by atoms with van der Waals surface area (Å²) in [5.74, 6) is 7.00. The van der Waals surface area contributed by atoms with Gasteiger partial charge in [0.1, 0.15) is 0 Å². The maximum Gasteiger partial charge on any atom is 4.00 e. The summed E-state index contributed by atoms with van der Waals surface area (Å²) in [6.45, 7) is 0. The number of rotatable bonds is 0. The Morgan fingerprint density at radius 3 is 0.964 bits per heavy atom. The summed E-state index contributed by atoms with van der Waals surface area (Å²) in [5.41, 5.74) is 0. The van der Waals surface area contributed by atoms with Gasteiger partial charge in [0.2, 0.25) is 0 Å². The van der Waals surface area contributed by atoms with Crippen molar-refractivity contribution in [3.63, 3.8) is 0 Å². The van der Waals surface area contributed by atoms with Crippen molar-refractivity contribution in [3.05, 3.63) is 133 Å². The Labute approximate surface area is 196 Å². The summed E-state index contributed by atoms with van der Waals surface area (Å²) in [5, 5.41) is 0. The van der Waals surface area contributed by atoms with E-state index in [9.17, 15) is 0 Å². The first-order valence-electron chi connectivity index (χ1n) is 8.95. The Balaban J connectivity index is 0. The van der Waals surface area contributed by atoms with Gasteiger partial charge in [0.05, 0.1) is 0 Å². The molecule has 0 amide bonds. The molecule has 1 aliphatic rings. The van der Waals surface area contributed by atoms with Crippen LogP contribution in [-0.4, -0.2) is 14.3 Å². The van der Waals surface area contributed by atoms with E-state index in [-0.39, 0.29) is 40.2 Å². The molecule has 0 aromatic heterocycles. The normalized spacial score (nSPS) is 9.57. The second kappa shape index (κ2) is 25.6. The Hall–Kier alpha value is -1.45. The molecular weight excluding hydrogens is 563 g/mol. The van der Waals surface area contributed by atoms with Crippen molar-refractivity contribution in [2.75, 3.05) is 0 Å². The van der Waals surface area contributed by atoms with Gasteiger partial charge in [-0.2, -0.15) is 115 Å². The van der Waals surface area contributed by atoms with Crippen LogP contribution in [0.15, 0.2) is 109 Å². The van der Waals surface area contributed by atoms with Crippen LogP contribution in [0.3, 0.4) is 0 Å². The molecule has 0 nitrogen and oxygen atoms in total. The van der Waals surface area contributed by atoms with Crippen LogP contribution < -0.4 is 0 Å². The third kappa shape index (κ3) is 29.3. The SMILES string of the molecule is [C-]1=CC=CC1.[CH3][Ge]([CH3])[CH3].[Hf+4].[c-]1ccccc1.[c-]1ccccc1.[c-]1ccccc1. The van der Waals surface area contributed by atoms with Crippen LogP contribution in [0.5, 0.6) is 0 Å².